The van der Waals surface area contributed by atoms with Crippen LogP contribution in [0.25, 0.3) is 0 Å². The molecule has 100 valence electrons. The number of Topliss-reactive ketones (excluding diaryl/α,β-unsaturated/α-hetero) is 1. The molecular formula is C12H18N2O3S. The number of hydrogen-bond donors (Lipinski definition) is 2. The summed E-state index contributed by atoms with van der Waals surface area (Å²) in [5.74, 6) is 0.0294. The molecule has 5 nitrogen and oxygen atoms in total. The number of anilines is 1. The molecule has 0 bridgehead atoms. The Morgan fingerprint density at radius 2 is 1.89 bits per heavy atom. The maximum absolute atomic E-state index is 11.7. The monoisotopic (exact) mass is 270 g/mol. The number of hydrogen-bond acceptors (Lipinski definition) is 3. The molecule has 0 aliphatic rings. The minimum absolute atomic E-state index is 0.183. The zero-order valence-electron chi connectivity index (χ0n) is 10.7. The molecule has 0 heterocycles. The lowest BCUT2D eigenvalue weighted by atomic mass is 10.1. The van der Waals surface area contributed by atoms with Crippen LogP contribution in [0.2, 0.25) is 0 Å². The summed E-state index contributed by atoms with van der Waals surface area (Å²) in [6.07, 6.45) is 0. The van der Waals surface area contributed by atoms with Crippen LogP contribution in [0, 0.1) is 5.92 Å². The highest BCUT2D eigenvalue weighted by Crippen LogP contribution is 2.16. The zero-order chi connectivity index (χ0) is 13.8. The number of carbonyl (C=O) groups is 1. The van der Waals surface area contributed by atoms with Crippen LogP contribution in [-0.2, 0) is 10.2 Å². The van der Waals surface area contributed by atoms with E-state index in [1.165, 1.54) is 6.92 Å². The van der Waals surface area contributed by atoms with Crippen LogP contribution in [0.15, 0.2) is 24.3 Å². The highest BCUT2D eigenvalue weighted by atomic mass is 32.2. The fraction of sp³-hybridized carbons (Fsp3) is 0.417. The lowest BCUT2D eigenvalue weighted by Crippen LogP contribution is -2.33. The van der Waals surface area contributed by atoms with Gasteiger partial charge in [-0.3, -0.25) is 9.52 Å². The summed E-state index contributed by atoms with van der Waals surface area (Å²) >= 11 is 0. The summed E-state index contributed by atoms with van der Waals surface area (Å²) in [6.45, 7) is 5.56. The number of carbonyl (C=O) groups excluding carboxylic acids is 1. The Morgan fingerprint density at radius 1 is 1.28 bits per heavy atom. The van der Waals surface area contributed by atoms with E-state index in [4.69, 9.17) is 0 Å². The smallest absolute Gasteiger partial charge is 0.294 e. The first kappa shape index (κ1) is 14.7. The third-order valence-corrected chi connectivity index (χ3v) is 3.27. The van der Waals surface area contributed by atoms with E-state index >= 15 is 0 Å². The van der Waals surface area contributed by atoms with E-state index in [2.05, 4.69) is 9.44 Å². The lowest BCUT2D eigenvalue weighted by Gasteiger charge is -2.12. The van der Waals surface area contributed by atoms with Gasteiger partial charge in [-0.05, 0) is 25.0 Å². The fourth-order valence-corrected chi connectivity index (χ4v) is 2.43. The molecule has 2 N–H and O–H groups in total. The van der Waals surface area contributed by atoms with E-state index in [1.54, 1.807) is 24.3 Å². The predicted octanol–water partition coefficient (Wildman–Crippen LogP) is 1.79. The third-order valence-electron chi connectivity index (χ3n) is 2.23. The van der Waals surface area contributed by atoms with Crippen LogP contribution < -0.4 is 9.44 Å². The molecule has 0 aliphatic carbocycles. The zero-order valence-corrected chi connectivity index (χ0v) is 11.5. The minimum atomic E-state index is -3.64. The molecule has 1 rings (SSSR count). The summed E-state index contributed by atoms with van der Waals surface area (Å²) in [5, 5.41) is 0. The molecule has 1 aromatic carbocycles. The Morgan fingerprint density at radius 3 is 2.44 bits per heavy atom. The van der Waals surface area contributed by atoms with E-state index in [9.17, 15) is 13.2 Å². The number of rotatable bonds is 6. The van der Waals surface area contributed by atoms with Crippen LogP contribution in [0.1, 0.15) is 31.1 Å². The van der Waals surface area contributed by atoms with Crippen LogP contribution in [-0.4, -0.2) is 20.7 Å². The molecule has 6 heteroatoms. The van der Waals surface area contributed by atoms with Crippen molar-refractivity contribution < 1.29 is 13.2 Å². The van der Waals surface area contributed by atoms with Crippen molar-refractivity contribution in [3.05, 3.63) is 29.8 Å². The lowest BCUT2D eigenvalue weighted by molar-refractivity contribution is 0.101. The Hall–Kier alpha value is -1.40. The van der Waals surface area contributed by atoms with Crippen molar-refractivity contribution in [2.24, 2.45) is 5.92 Å². The number of nitrogens with one attached hydrogen (secondary N) is 2. The quantitative estimate of drug-likeness (QED) is 0.774. The largest absolute Gasteiger partial charge is 0.299 e. The number of ketones is 1. The van der Waals surface area contributed by atoms with Crippen molar-refractivity contribution in [2.45, 2.75) is 20.8 Å². The van der Waals surface area contributed by atoms with E-state index in [0.29, 0.717) is 17.8 Å². The average molecular weight is 270 g/mol. The second kappa shape index (κ2) is 5.97. The predicted molar refractivity (Wildman–Crippen MR) is 71.8 cm³/mol. The van der Waals surface area contributed by atoms with Gasteiger partial charge in [-0.15, -0.1) is 0 Å². The highest BCUT2D eigenvalue weighted by molar-refractivity contribution is 7.90. The van der Waals surface area contributed by atoms with Crippen molar-refractivity contribution in [1.82, 2.24) is 4.72 Å². The van der Waals surface area contributed by atoms with Gasteiger partial charge < -0.3 is 0 Å². The van der Waals surface area contributed by atoms with E-state index in [1.807, 2.05) is 13.8 Å². The van der Waals surface area contributed by atoms with Gasteiger partial charge in [0.25, 0.3) is 10.2 Å². The number of para-hydroxylation sites is 1. The van der Waals surface area contributed by atoms with Gasteiger partial charge in [-0.1, -0.05) is 26.0 Å². The van der Waals surface area contributed by atoms with Crippen molar-refractivity contribution in [3.63, 3.8) is 0 Å². The third kappa shape index (κ3) is 4.46. The van der Waals surface area contributed by atoms with Crippen LogP contribution in [0.3, 0.4) is 0 Å². The average Bonchev–Trinajstić information content (AvgIpc) is 2.26. The van der Waals surface area contributed by atoms with Gasteiger partial charge in [-0.25, -0.2) is 0 Å². The van der Waals surface area contributed by atoms with Crippen LogP contribution >= 0.6 is 0 Å². The second-order valence-electron chi connectivity index (χ2n) is 4.45. The van der Waals surface area contributed by atoms with E-state index in [-0.39, 0.29) is 11.7 Å². The maximum atomic E-state index is 11.7. The highest BCUT2D eigenvalue weighted by Gasteiger charge is 2.14. The second-order valence-corrected chi connectivity index (χ2v) is 5.95. The molecule has 18 heavy (non-hydrogen) atoms. The van der Waals surface area contributed by atoms with Gasteiger partial charge >= 0.3 is 0 Å². The molecule has 0 saturated carbocycles. The molecule has 0 saturated heterocycles. The molecule has 0 aliphatic heterocycles. The molecule has 0 fully saturated rings. The summed E-state index contributed by atoms with van der Waals surface area (Å²) < 4.78 is 28.3. The molecule has 0 amide bonds. The van der Waals surface area contributed by atoms with Gasteiger partial charge in [-0.2, -0.15) is 13.1 Å². The molecule has 0 atom stereocenters. The van der Waals surface area contributed by atoms with Crippen LogP contribution in [0.4, 0.5) is 5.69 Å². The SMILES string of the molecule is CC(=O)c1ccccc1NS(=O)(=O)NCC(C)C. The topological polar surface area (TPSA) is 75.3 Å². The van der Waals surface area contributed by atoms with E-state index in [0.717, 1.165) is 0 Å². The Kier molecular flexibility index (Phi) is 4.86. The van der Waals surface area contributed by atoms with Crippen molar-refractivity contribution in [2.75, 3.05) is 11.3 Å². The summed E-state index contributed by atoms with van der Waals surface area (Å²) in [7, 11) is -3.64. The minimum Gasteiger partial charge on any atom is -0.294 e. The maximum Gasteiger partial charge on any atom is 0.299 e. The van der Waals surface area contributed by atoms with Gasteiger partial charge in [0.05, 0.1) is 5.69 Å². The van der Waals surface area contributed by atoms with Crippen molar-refractivity contribution in [1.29, 1.82) is 0 Å². The Balaban J connectivity index is 2.87. The summed E-state index contributed by atoms with van der Waals surface area (Å²) in [5.41, 5.74) is 0.647. The summed E-state index contributed by atoms with van der Waals surface area (Å²) in [6, 6.07) is 6.51. The molecule has 0 unspecified atom stereocenters. The van der Waals surface area contributed by atoms with Gasteiger partial charge in [0, 0.05) is 12.1 Å². The Labute approximate surface area is 108 Å². The molecule has 1 aromatic rings. The van der Waals surface area contributed by atoms with Gasteiger partial charge in [0.2, 0.25) is 0 Å². The first-order chi connectivity index (χ1) is 8.32. The van der Waals surface area contributed by atoms with Crippen LogP contribution in [0.5, 0.6) is 0 Å². The normalized spacial score (nSPS) is 11.6. The summed E-state index contributed by atoms with van der Waals surface area (Å²) in [4.78, 5) is 11.4. The first-order valence-electron chi connectivity index (χ1n) is 5.69. The standard InChI is InChI=1S/C12H18N2O3S/c1-9(2)8-13-18(16,17)14-12-7-5-4-6-11(12)10(3)15/h4-7,9,13-14H,8H2,1-3H3. The van der Waals surface area contributed by atoms with Gasteiger partial charge in [0.1, 0.15) is 0 Å². The Bertz CT molecular complexity index is 524. The van der Waals surface area contributed by atoms with Crippen molar-refractivity contribution >= 4 is 21.7 Å². The van der Waals surface area contributed by atoms with Crippen molar-refractivity contribution in [3.8, 4) is 0 Å². The molecule has 0 spiro atoms. The van der Waals surface area contributed by atoms with Gasteiger partial charge in [0.15, 0.2) is 5.78 Å². The first-order valence-corrected chi connectivity index (χ1v) is 7.17. The molecule has 0 aromatic heterocycles. The molecule has 0 radical (unpaired) electrons. The number of benzene rings is 1. The fourth-order valence-electron chi connectivity index (χ4n) is 1.34. The van der Waals surface area contributed by atoms with E-state index < -0.39 is 10.2 Å². The molecular weight excluding hydrogens is 252 g/mol.